The first kappa shape index (κ1) is 15.7. The molecule has 1 unspecified atom stereocenters. The maximum absolute atomic E-state index is 12.4. The van der Waals surface area contributed by atoms with E-state index in [0.717, 1.165) is 11.1 Å². The molecule has 0 aromatic heterocycles. The number of rotatable bonds is 4. The van der Waals surface area contributed by atoms with Gasteiger partial charge < -0.3 is 4.74 Å². The van der Waals surface area contributed by atoms with Crippen molar-refractivity contribution in [3.8, 4) is 5.75 Å². The smallest absolute Gasteiger partial charge is 0.297 e. The number of ether oxygens (including phenoxy) is 1. The Balaban J connectivity index is 1.84. The zero-order valence-electron chi connectivity index (χ0n) is 12.8. The summed E-state index contributed by atoms with van der Waals surface area (Å²) >= 11 is 0. The standard InChI is InChI=1S/C17H16O5S/c1-11-3-7-14(8-4-11)23(19,20)22-16-9-12-5-6-13(21-2)10-15(12)17(16)18/h3-8,10,16H,9H2,1-2H3. The van der Waals surface area contributed by atoms with Crippen LogP contribution in [-0.2, 0) is 20.7 Å². The van der Waals surface area contributed by atoms with Crippen LogP contribution in [0.3, 0.4) is 0 Å². The van der Waals surface area contributed by atoms with Gasteiger partial charge in [0.25, 0.3) is 10.1 Å². The monoisotopic (exact) mass is 332 g/mol. The molecule has 6 heteroatoms. The summed E-state index contributed by atoms with van der Waals surface area (Å²) in [7, 11) is -2.47. The Labute approximate surface area is 135 Å². The Hall–Kier alpha value is -2.18. The average molecular weight is 332 g/mol. The minimum Gasteiger partial charge on any atom is -0.497 e. The topological polar surface area (TPSA) is 69.7 Å². The van der Waals surface area contributed by atoms with Gasteiger partial charge in [-0.25, -0.2) is 0 Å². The number of hydrogen-bond donors (Lipinski definition) is 0. The van der Waals surface area contributed by atoms with E-state index in [2.05, 4.69) is 0 Å². The van der Waals surface area contributed by atoms with E-state index in [4.69, 9.17) is 8.92 Å². The van der Waals surface area contributed by atoms with Crippen LogP contribution in [0.5, 0.6) is 5.75 Å². The highest BCUT2D eigenvalue weighted by Gasteiger charge is 2.35. The van der Waals surface area contributed by atoms with Gasteiger partial charge in [0.15, 0.2) is 5.78 Å². The van der Waals surface area contributed by atoms with Crippen LogP contribution in [0.1, 0.15) is 21.5 Å². The van der Waals surface area contributed by atoms with Crippen molar-refractivity contribution in [3.63, 3.8) is 0 Å². The number of carbonyl (C=O) groups is 1. The van der Waals surface area contributed by atoms with Crippen LogP contribution in [0.4, 0.5) is 0 Å². The summed E-state index contributed by atoms with van der Waals surface area (Å²) in [6.45, 7) is 1.86. The summed E-state index contributed by atoms with van der Waals surface area (Å²) in [4.78, 5) is 12.4. The number of hydrogen-bond acceptors (Lipinski definition) is 5. The van der Waals surface area contributed by atoms with E-state index < -0.39 is 16.2 Å². The van der Waals surface area contributed by atoms with Crippen LogP contribution >= 0.6 is 0 Å². The van der Waals surface area contributed by atoms with Crippen molar-refractivity contribution in [2.45, 2.75) is 24.3 Å². The van der Waals surface area contributed by atoms with E-state index in [1.807, 2.05) is 6.92 Å². The van der Waals surface area contributed by atoms with Crippen molar-refractivity contribution in [1.29, 1.82) is 0 Å². The molecular weight excluding hydrogens is 316 g/mol. The van der Waals surface area contributed by atoms with E-state index in [-0.39, 0.29) is 17.1 Å². The lowest BCUT2D eigenvalue weighted by molar-refractivity contribution is 0.0829. The van der Waals surface area contributed by atoms with Crippen molar-refractivity contribution < 1.29 is 22.1 Å². The molecule has 0 saturated carbocycles. The summed E-state index contributed by atoms with van der Waals surface area (Å²) < 4.78 is 34.9. The first-order valence-electron chi connectivity index (χ1n) is 7.12. The van der Waals surface area contributed by atoms with Gasteiger partial charge in [0.1, 0.15) is 11.9 Å². The number of fused-ring (bicyclic) bond motifs is 1. The van der Waals surface area contributed by atoms with Crippen molar-refractivity contribution >= 4 is 15.9 Å². The minimum absolute atomic E-state index is 0.0458. The quantitative estimate of drug-likeness (QED) is 0.805. The van der Waals surface area contributed by atoms with E-state index in [9.17, 15) is 13.2 Å². The van der Waals surface area contributed by atoms with E-state index >= 15 is 0 Å². The number of aryl methyl sites for hydroxylation is 1. The molecule has 0 amide bonds. The maximum Gasteiger partial charge on any atom is 0.297 e. The largest absolute Gasteiger partial charge is 0.497 e. The van der Waals surface area contributed by atoms with Gasteiger partial charge in [-0.15, -0.1) is 0 Å². The van der Waals surface area contributed by atoms with Crippen LogP contribution in [-0.4, -0.2) is 27.4 Å². The Morgan fingerprint density at radius 3 is 2.43 bits per heavy atom. The molecule has 2 aromatic rings. The normalized spacial score (nSPS) is 17.1. The van der Waals surface area contributed by atoms with Gasteiger partial charge in [0.2, 0.25) is 0 Å². The van der Waals surface area contributed by atoms with Crippen molar-refractivity contribution in [2.75, 3.05) is 7.11 Å². The molecule has 1 aliphatic carbocycles. The zero-order valence-corrected chi connectivity index (χ0v) is 13.6. The number of carbonyl (C=O) groups excluding carboxylic acids is 1. The molecule has 1 aliphatic rings. The molecule has 0 fully saturated rings. The molecular formula is C17H16O5S. The first-order valence-corrected chi connectivity index (χ1v) is 8.52. The Morgan fingerprint density at radius 2 is 1.78 bits per heavy atom. The van der Waals surface area contributed by atoms with Crippen molar-refractivity contribution in [1.82, 2.24) is 0 Å². The number of ketones is 1. The summed E-state index contributed by atoms with van der Waals surface area (Å²) in [6.07, 6.45) is -0.785. The first-order chi connectivity index (χ1) is 10.9. The third kappa shape index (κ3) is 3.00. The van der Waals surface area contributed by atoms with Gasteiger partial charge in [-0.05, 0) is 36.8 Å². The third-order valence-corrected chi connectivity index (χ3v) is 5.17. The molecule has 0 N–H and O–H groups in total. The van der Waals surface area contributed by atoms with Crippen LogP contribution in [0.25, 0.3) is 0 Å². The van der Waals surface area contributed by atoms with Gasteiger partial charge in [0.05, 0.1) is 12.0 Å². The Kier molecular flexibility index (Phi) is 3.95. The molecule has 0 bridgehead atoms. The summed E-state index contributed by atoms with van der Waals surface area (Å²) in [6, 6.07) is 11.4. The molecule has 0 spiro atoms. The molecule has 120 valence electrons. The van der Waals surface area contributed by atoms with E-state index in [1.165, 1.54) is 19.2 Å². The number of benzene rings is 2. The molecule has 1 atom stereocenters. The van der Waals surface area contributed by atoms with Gasteiger partial charge in [-0.3, -0.25) is 8.98 Å². The zero-order chi connectivity index (χ0) is 16.6. The molecule has 0 saturated heterocycles. The second-order valence-electron chi connectivity index (χ2n) is 5.44. The highest BCUT2D eigenvalue weighted by Crippen LogP contribution is 2.29. The van der Waals surface area contributed by atoms with Gasteiger partial charge in [-0.1, -0.05) is 23.8 Å². The van der Waals surface area contributed by atoms with E-state index in [0.29, 0.717) is 11.3 Å². The molecule has 0 radical (unpaired) electrons. The van der Waals surface area contributed by atoms with Gasteiger partial charge in [-0.2, -0.15) is 8.42 Å². The molecule has 23 heavy (non-hydrogen) atoms. The third-order valence-electron chi connectivity index (χ3n) is 3.83. The van der Waals surface area contributed by atoms with Crippen molar-refractivity contribution in [3.05, 3.63) is 59.2 Å². The van der Waals surface area contributed by atoms with Gasteiger partial charge >= 0.3 is 0 Å². The number of Topliss-reactive ketones (excluding diaryl/α,β-unsaturated/α-hetero) is 1. The average Bonchev–Trinajstić information content (AvgIpc) is 2.83. The van der Waals surface area contributed by atoms with Crippen LogP contribution in [0, 0.1) is 6.92 Å². The van der Waals surface area contributed by atoms with Crippen molar-refractivity contribution in [2.24, 2.45) is 0 Å². The van der Waals surface area contributed by atoms with E-state index in [1.54, 1.807) is 30.3 Å². The SMILES string of the molecule is COc1ccc2c(c1)C(=O)C(OS(=O)(=O)c1ccc(C)cc1)C2. The Bertz CT molecular complexity index is 853. The molecule has 2 aromatic carbocycles. The fraction of sp³-hybridized carbons (Fsp3) is 0.235. The fourth-order valence-electron chi connectivity index (χ4n) is 2.55. The lowest BCUT2D eigenvalue weighted by atomic mass is 10.1. The highest BCUT2D eigenvalue weighted by atomic mass is 32.2. The predicted molar refractivity (Wildman–Crippen MR) is 84.3 cm³/mol. The minimum atomic E-state index is -3.98. The summed E-state index contributed by atoms with van der Waals surface area (Å²) in [5, 5.41) is 0. The van der Waals surface area contributed by atoms with Crippen LogP contribution in [0.2, 0.25) is 0 Å². The lowest BCUT2D eigenvalue weighted by Gasteiger charge is -2.10. The predicted octanol–water partition coefficient (Wildman–Crippen LogP) is 2.52. The second-order valence-corrected chi connectivity index (χ2v) is 7.02. The molecule has 3 rings (SSSR count). The molecule has 0 aliphatic heterocycles. The fourth-order valence-corrected chi connectivity index (χ4v) is 3.59. The van der Waals surface area contributed by atoms with Gasteiger partial charge in [0, 0.05) is 12.0 Å². The molecule has 0 heterocycles. The summed E-state index contributed by atoms with van der Waals surface area (Å²) in [5.41, 5.74) is 2.16. The van der Waals surface area contributed by atoms with Crippen LogP contribution < -0.4 is 4.74 Å². The highest BCUT2D eigenvalue weighted by molar-refractivity contribution is 7.86. The molecule has 5 nitrogen and oxygen atoms in total. The number of methoxy groups -OCH3 is 1. The maximum atomic E-state index is 12.4. The second kappa shape index (κ2) is 5.79. The Morgan fingerprint density at radius 1 is 1.09 bits per heavy atom. The lowest BCUT2D eigenvalue weighted by Crippen LogP contribution is -2.24. The van der Waals surface area contributed by atoms with Crippen LogP contribution in [0.15, 0.2) is 47.4 Å². The summed E-state index contributed by atoms with van der Waals surface area (Å²) in [5.74, 6) is 0.216.